The summed E-state index contributed by atoms with van der Waals surface area (Å²) in [4.78, 5) is 14.2. The highest BCUT2D eigenvalue weighted by molar-refractivity contribution is 9.10. The number of nitrogens with one attached hydrogen (secondary N) is 1. The van der Waals surface area contributed by atoms with Crippen molar-refractivity contribution in [1.82, 2.24) is 10.2 Å². The summed E-state index contributed by atoms with van der Waals surface area (Å²) in [7, 11) is 0. The predicted molar refractivity (Wildman–Crippen MR) is 103 cm³/mol. The molecule has 1 aliphatic heterocycles. The molecular weight excluding hydrogens is 422 g/mol. The summed E-state index contributed by atoms with van der Waals surface area (Å²) in [6.45, 7) is 6.95. The van der Waals surface area contributed by atoms with E-state index in [4.69, 9.17) is 9.47 Å². The van der Waals surface area contributed by atoms with Gasteiger partial charge in [0.15, 0.2) is 0 Å². The molecule has 2 rings (SSSR count). The predicted octanol–water partition coefficient (Wildman–Crippen LogP) is 4.58. The largest absolute Gasteiger partial charge is 0.487 e. The van der Waals surface area contributed by atoms with E-state index in [2.05, 4.69) is 26.1 Å². The summed E-state index contributed by atoms with van der Waals surface area (Å²) < 4.78 is 36.4. The molecule has 1 amide bonds. The third kappa shape index (κ3) is 8.01. The van der Waals surface area contributed by atoms with Crippen LogP contribution in [0.15, 0.2) is 22.7 Å². The Morgan fingerprint density at radius 3 is 2.81 bits per heavy atom. The molecule has 1 unspecified atom stereocenters. The second-order valence-corrected chi connectivity index (χ2v) is 8.59. The van der Waals surface area contributed by atoms with E-state index in [9.17, 15) is 13.6 Å². The van der Waals surface area contributed by atoms with Crippen LogP contribution in [0.3, 0.4) is 0 Å². The van der Waals surface area contributed by atoms with E-state index in [0.717, 1.165) is 29.4 Å². The van der Waals surface area contributed by atoms with Crippen LogP contribution in [0.25, 0.3) is 0 Å². The third-order valence-corrected chi connectivity index (χ3v) is 4.50. The van der Waals surface area contributed by atoms with Crippen LogP contribution in [0.4, 0.5) is 13.6 Å². The van der Waals surface area contributed by atoms with E-state index < -0.39 is 24.7 Å². The van der Waals surface area contributed by atoms with E-state index in [-0.39, 0.29) is 6.04 Å². The Hall–Kier alpha value is -1.41. The summed E-state index contributed by atoms with van der Waals surface area (Å²) in [6, 6.07) is 5.34. The summed E-state index contributed by atoms with van der Waals surface area (Å²) in [5.41, 5.74) is 0.300. The molecule has 0 saturated carbocycles. The van der Waals surface area contributed by atoms with Gasteiger partial charge in [0.25, 0.3) is 6.43 Å². The Morgan fingerprint density at radius 2 is 2.15 bits per heavy atom. The van der Waals surface area contributed by atoms with Gasteiger partial charge >= 0.3 is 6.09 Å². The van der Waals surface area contributed by atoms with Gasteiger partial charge in [0.2, 0.25) is 0 Å². The highest BCUT2D eigenvalue weighted by atomic mass is 79.9. The van der Waals surface area contributed by atoms with Crippen LogP contribution < -0.4 is 10.1 Å². The topological polar surface area (TPSA) is 50.8 Å². The van der Waals surface area contributed by atoms with E-state index in [1.807, 2.05) is 26.8 Å². The smallest absolute Gasteiger partial charge is 0.407 e. The molecule has 0 spiro atoms. The zero-order chi connectivity index (χ0) is 20.0. The number of alkyl carbamates (subject to hydrolysis) is 1. The number of amides is 1. The first-order valence-corrected chi connectivity index (χ1v) is 9.83. The Morgan fingerprint density at radius 1 is 1.41 bits per heavy atom. The maximum absolute atomic E-state index is 12.5. The van der Waals surface area contributed by atoms with E-state index in [1.165, 1.54) is 0 Å². The number of hydrogen-bond acceptors (Lipinski definition) is 4. The summed E-state index contributed by atoms with van der Waals surface area (Å²) in [6.07, 6.45) is -1.12. The lowest BCUT2D eigenvalue weighted by molar-refractivity contribution is 0.0469. The molecular formula is C19H27BrF2N2O3. The van der Waals surface area contributed by atoms with Gasteiger partial charge in [-0.3, -0.25) is 4.90 Å². The molecule has 1 fully saturated rings. The summed E-state index contributed by atoms with van der Waals surface area (Å²) in [5.74, 6) is 0.459. The minimum Gasteiger partial charge on any atom is -0.487 e. The van der Waals surface area contributed by atoms with E-state index in [1.54, 1.807) is 12.1 Å². The maximum atomic E-state index is 12.5. The molecule has 0 aromatic heterocycles. The first-order valence-electron chi connectivity index (χ1n) is 9.03. The summed E-state index contributed by atoms with van der Waals surface area (Å²) in [5, 5.41) is 2.91. The van der Waals surface area contributed by atoms with E-state index in [0.29, 0.717) is 18.8 Å². The molecule has 0 bridgehead atoms. The molecule has 1 heterocycles. The van der Waals surface area contributed by atoms with Crippen molar-refractivity contribution < 1.29 is 23.0 Å². The number of rotatable bonds is 6. The number of nitrogens with zero attached hydrogens (tertiary/aromatic N) is 1. The number of hydrogen-bond donors (Lipinski definition) is 1. The van der Waals surface area contributed by atoms with Crippen molar-refractivity contribution in [2.75, 3.05) is 19.7 Å². The van der Waals surface area contributed by atoms with Crippen LogP contribution in [0.1, 0.15) is 39.2 Å². The number of alkyl halides is 2. The number of carbonyl (C=O) groups excluding carboxylic acids is 1. The van der Waals surface area contributed by atoms with Crippen molar-refractivity contribution in [3.63, 3.8) is 0 Å². The van der Waals surface area contributed by atoms with Gasteiger partial charge in [-0.1, -0.05) is 15.9 Å². The standard InChI is InChI=1S/C19H27BrF2N2O3/c1-19(2,3)27-18(25)23-15-5-4-8-24(11-15)10-13-9-14(20)6-7-16(13)26-12-17(21)22/h6-7,9,15,17H,4-5,8,10-12H2,1-3H3,(H,23,25). The van der Waals surface area contributed by atoms with Gasteiger partial charge in [-0.2, -0.15) is 0 Å². The zero-order valence-corrected chi connectivity index (χ0v) is 17.5. The van der Waals surface area contributed by atoms with Crippen LogP contribution in [0, 0.1) is 0 Å². The molecule has 1 aromatic carbocycles. The zero-order valence-electron chi connectivity index (χ0n) is 15.9. The molecule has 0 aliphatic carbocycles. The van der Waals surface area contributed by atoms with Crippen LogP contribution in [-0.2, 0) is 11.3 Å². The highest BCUT2D eigenvalue weighted by Gasteiger charge is 2.25. The van der Waals surface area contributed by atoms with Crippen LogP contribution >= 0.6 is 15.9 Å². The number of benzene rings is 1. The van der Waals surface area contributed by atoms with Crippen LogP contribution in [0.2, 0.25) is 0 Å². The van der Waals surface area contributed by atoms with Crippen molar-refractivity contribution >= 4 is 22.0 Å². The minimum atomic E-state index is -2.51. The quantitative estimate of drug-likeness (QED) is 0.691. The molecule has 27 heavy (non-hydrogen) atoms. The fourth-order valence-corrected chi connectivity index (χ4v) is 3.41. The van der Waals surface area contributed by atoms with Crippen LogP contribution in [0.5, 0.6) is 5.75 Å². The van der Waals surface area contributed by atoms with Crippen molar-refractivity contribution in [2.45, 2.75) is 58.2 Å². The molecule has 8 heteroatoms. The number of halogens is 3. The fourth-order valence-electron chi connectivity index (χ4n) is 3.00. The molecule has 0 radical (unpaired) electrons. The Bertz CT molecular complexity index is 638. The van der Waals surface area contributed by atoms with Crippen molar-refractivity contribution in [1.29, 1.82) is 0 Å². The normalized spacial score (nSPS) is 18.4. The summed E-state index contributed by atoms with van der Waals surface area (Å²) >= 11 is 3.42. The second kappa shape index (κ2) is 9.68. The lowest BCUT2D eigenvalue weighted by atomic mass is 10.0. The fraction of sp³-hybridized carbons (Fsp3) is 0.632. The molecule has 1 N–H and O–H groups in total. The van der Waals surface area contributed by atoms with Gasteiger partial charge in [0.05, 0.1) is 0 Å². The first-order chi connectivity index (χ1) is 12.6. The Kier molecular flexibility index (Phi) is 7.85. The number of likely N-dealkylation sites (tertiary alicyclic amines) is 1. The molecule has 1 aromatic rings. The van der Waals surface area contributed by atoms with Gasteiger partial charge in [0.1, 0.15) is 18.0 Å². The average molecular weight is 449 g/mol. The first kappa shape index (κ1) is 21.9. The van der Waals surface area contributed by atoms with Gasteiger partial charge in [0, 0.05) is 29.2 Å². The minimum absolute atomic E-state index is 0.00816. The van der Waals surface area contributed by atoms with Gasteiger partial charge < -0.3 is 14.8 Å². The second-order valence-electron chi connectivity index (χ2n) is 7.67. The molecule has 152 valence electrons. The van der Waals surface area contributed by atoms with Crippen LogP contribution in [-0.4, -0.2) is 48.8 Å². The monoisotopic (exact) mass is 448 g/mol. The van der Waals surface area contributed by atoms with Gasteiger partial charge in [-0.15, -0.1) is 0 Å². The molecule has 5 nitrogen and oxygen atoms in total. The van der Waals surface area contributed by atoms with E-state index >= 15 is 0 Å². The highest BCUT2D eigenvalue weighted by Crippen LogP contribution is 2.26. The maximum Gasteiger partial charge on any atom is 0.407 e. The SMILES string of the molecule is CC(C)(C)OC(=O)NC1CCCN(Cc2cc(Br)ccc2OCC(F)F)C1. The molecule has 1 atom stereocenters. The number of ether oxygens (including phenoxy) is 2. The van der Waals surface area contributed by atoms with Crippen molar-refractivity contribution in [2.24, 2.45) is 0 Å². The van der Waals surface area contributed by atoms with Gasteiger partial charge in [-0.05, 0) is 58.4 Å². The Labute approximate surface area is 167 Å². The average Bonchev–Trinajstić information content (AvgIpc) is 2.52. The van der Waals surface area contributed by atoms with Gasteiger partial charge in [-0.25, -0.2) is 13.6 Å². The third-order valence-electron chi connectivity index (χ3n) is 4.01. The lowest BCUT2D eigenvalue weighted by Gasteiger charge is -2.34. The lowest BCUT2D eigenvalue weighted by Crippen LogP contribution is -2.48. The van der Waals surface area contributed by atoms with Crippen molar-refractivity contribution in [3.05, 3.63) is 28.2 Å². The number of piperidine rings is 1. The molecule has 1 aliphatic rings. The Balaban J connectivity index is 1.97. The number of carbonyl (C=O) groups is 1. The molecule has 1 saturated heterocycles. The van der Waals surface area contributed by atoms with Crippen molar-refractivity contribution in [3.8, 4) is 5.75 Å².